The third-order valence-corrected chi connectivity index (χ3v) is 5.65. The van der Waals surface area contributed by atoms with E-state index in [1.807, 2.05) is 24.3 Å². The summed E-state index contributed by atoms with van der Waals surface area (Å²) in [6, 6.07) is 14.8. The standard InChI is InChI=1S/C22H20N4O3/c1-29-19-8-7-14(10-17(19)27)21-20-16(25-22-23-12-24-26(21)22)9-15(11-18(20)28)13-5-3-2-4-6-13/h2-8,10,12,15,21,27H,9,11H2,1H3,(H,23,24,25). The lowest BCUT2D eigenvalue weighted by molar-refractivity contribution is -0.116. The number of rotatable bonds is 3. The fourth-order valence-corrected chi connectivity index (χ4v) is 4.30. The molecule has 0 saturated heterocycles. The van der Waals surface area contributed by atoms with Crippen LogP contribution in [0.25, 0.3) is 0 Å². The molecule has 2 N–H and O–H groups in total. The van der Waals surface area contributed by atoms with Crippen LogP contribution in [-0.4, -0.2) is 32.8 Å². The van der Waals surface area contributed by atoms with E-state index >= 15 is 0 Å². The number of nitrogens with zero attached hydrogens (tertiary/aromatic N) is 3. The van der Waals surface area contributed by atoms with Crippen LogP contribution in [0.15, 0.2) is 66.1 Å². The van der Waals surface area contributed by atoms with E-state index in [4.69, 9.17) is 4.74 Å². The molecule has 2 atom stereocenters. The quantitative estimate of drug-likeness (QED) is 0.715. The molecule has 1 aromatic heterocycles. The molecule has 2 unspecified atom stereocenters. The number of phenolic OH excluding ortho intramolecular Hbond substituents is 1. The van der Waals surface area contributed by atoms with Gasteiger partial charge in [0, 0.05) is 17.7 Å². The minimum atomic E-state index is -0.440. The van der Waals surface area contributed by atoms with Gasteiger partial charge in [-0.25, -0.2) is 4.68 Å². The topological polar surface area (TPSA) is 89.3 Å². The SMILES string of the molecule is COc1ccc(C2C3=C(CC(c4ccccc4)CC3=O)Nc3ncnn32)cc1O. The molecule has 146 valence electrons. The van der Waals surface area contributed by atoms with Crippen LogP contribution >= 0.6 is 0 Å². The lowest BCUT2D eigenvalue weighted by Gasteiger charge is -2.35. The fourth-order valence-electron chi connectivity index (χ4n) is 4.30. The highest BCUT2D eigenvalue weighted by atomic mass is 16.5. The molecule has 1 aliphatic carbocycles. The van der Waals surface area contributed by atoms with Gasteiger partial charge in [0.2, 0.25) is 5.95 Å². The van der Waals surface area contributed by atoms with Crippen LogP contribution in [0.2, 0.25) is 0 Å². The average molecular weight is 388 g/mol. The van der Waals surface area contributed by atoms with E-state index in [9.17, 15) is 9.90 Å². The van der Waals surface area contributed by atoms with Gasteiger partial charge >= 0.3 is 0 Å². The number of aromatic nitrogens is 3. The first-order valence-electron chi connectivity index (χ1n) is 9.50. The van der Waals surface area contributed by atoms with Gasteiger partial charge in [-0.1, -0.05) is 36.4 Å². The Kier molecular flexibility index (Phi) is 4.08. The highest BCUT2D eigenvalue weighted by Gasteiger charge is 2.39. The fraction of sp³-hybridized carbons (Fsp3) is 0.227. The number of carbonyl (C=O) groups is 1. The lowest BCUT2D eigenvalue weighted by Crippen LogP contribution is -2.33. The van der Waals surface area contributed by atoms with Gasteiger partial charge < -0.3 is 15.2 Å². The van der Waals surface area contributed by atoms with Crippen LogP contribution in [-0.2, 0) is 4.79 Å². The molecular formula is C22H20N4O3. The normalized spacial score (nSPS) is 20.7. The van der Waals surface area contributed by atoms with Gasteiger partial charge in [0.15, 0.2) is 17.3 Å². The molecule has 0 radical (unpaired) electrons. The third kappa shape index (κ3) is 2.86. The average Bonchev–Trinajstić information content (AvgIpc) is 3.21. The Morgan fingerprint density at radius 3 is 2.72 bits per heavy atom. The summed E-state index contributed by atoms with van der Waals surface area (Å²) in [5, 5.41) is 17.9. The number of hydrogen-bond donors (Lipinski definition) is 2. The first-order valence-corrected chi connectivity index (χ1v) is 9.50. The summed E-state index contributed by atoms with van der Waals surface area (Å²) in [5.41, 5.74) is 3.46. The molecule has 0 spiro atoms. The summed E-state index contributed by atoms with van der Waals surface area (Å²) in [7, 11) is 1.50. The summed E-state index contributed by atoms with van der Waals surface area (Å²) in [4.78, 5) is 17.6. The Labute approximate surface area is 167 Å². The Bertz CT molecular complexity index is 1120. The number of carbonyl (C=O) groups excluding carboxylic acids is 1. The Morgan fingerprint density at radius 2 is 1.97 bits per heavy atom. The van der Waals surface area contributed by atoms with Crippen LogP contribution in [0.4, 0.5) is 5.95 Å². The number of hydrogen-bond acceptors (Lipinski definition) is 6. The van der Waals surface area contributed by atoms with E-state index < -0.39 is 6.04 Å². The minimum Gasteiger partial charge on any atom is -0.504 e. The zero-order chi connectivity index (χ0) is 20.0. The molecule has 0 saturated carbocycles. The van der Waals surface area contributed by atoms with Crippen molar-refractivity contribution in [1.29, 1.82) is 0 Å². The number of aromatic hydroxyl groups is 1. The molecule has 5 rings (SSSR count). The summed E-state index contributed by atoms with van der Waals surface area (Å²) in [5.74, 6) is 1.20. The van der Waals surface area contributed by atoms with Crippen LogP contribution in [0.1, 0.15) is 35.9 Å². The van der Waals surface area contributed by atoms with Crippen LogP contribution in [0.5, 0.6) is 11.5 Å². The first-order chi connectivity index (χ1) is 14.2. The third-order valence-electron chi connectivity index (χ3n) is 5.65. The van der Waals surface area contributed by atoms with E-state index in [1.165, 1.54) is 13.4 Å². The molecule has 2 aromatic carbocycles. The zero-order valence-corrected chi connectivity index (χ0v) is 15.9. The molecule has 7 nitrogen and oxygen atoms in total. The van der Waals surface area contributed by atoms with E-state index in [-0.39, 0.29) is 17.5 Å². The van der Waals surface area contributed by atoms with Crippen molar-refractivity contribution in [3.63, 3.8) is 0 Å². The van der Waals surface area contributed by atoms with Crippen molar-refractivity contribution in [2.75, 3.05) is 12.4 Å². The number of ketones is 1. The number of nitrogens with one attached hydrogen (secondary N) is 1. The Morgan fingerprint density at radius 1 is 1.14 bits per heavy atom. The largest absolute Gasteiger partial charge is 0.504 e. The number of benzene rings is 2. The molecule has 3 aromatic rings. The molecule has 0 bridgehead atoms. The number of Topliss-reactive ketones (excluding diaryl/α,β-unsaturated/α-hetero) is 1. The second-order valence-corrected chi connectivity index (χ2v) is 7.32. The highest BCUT2D eigenvalue weighted by Crippen LogP contribution is 2.44. The molecule has 0 amide bonds. The van der Waals surface area contributed by atoms with Crippen LogP contribution in [0, 0.1) is 0 Å². The minimum absolute atomic E-state index is 0.0257. The van der Waals surface area contributed by atoms with E-state index in [0.717, 1.165) is 23.2 Å². The van der Waals surface area contributed by atoms with Gasteiger partial charge in [-0.3, -0.25) is 4.79 Å². The number of ether oxygens (including phenoxy) is 1. The predicted octanol–water partition coefficient (Wildman–Crippen LogP) is 3.41. The Balaban J connectivity index is 1.60. The number of phenols is 1. The van der Waals surface area contributed by atoms with E-state index in [1.54, 1.807) is 16.8 Å². The number of anilines is 1. The monoisotopic (exact) mass is 388 g/mol. The summed E-state index contributed by atoms with van der Waals surface area (Å²) >= 11 is 0. The van der Waals surface area contributed by atoms with Gasteiger partial charge in [-0.2, -0.15) is 10.1 Å². The Hall–Kier alpha value is -3.61. The smallest absolute Gasteiger partial charge is 0.226 e. The summed E-state index contributed by atoms with van der Waals surface area (Å²) in [6.45, 7) is 0. The molecule has 0 fully saturated rings. The molecular weight excluding hydrogens is 368 g/mol. The second kappa shape index (κ2) is 6.77. The number of fused-ring (bicyclic) bond motifs is 1. The van der Waals surface area contributed by atoms with E-state index in [2.05, 4.69) is 27.5 Å². The molecule has 1 aliphatic heterocycles. The van der Waals surface area contributed by atoms with Gasteiger partial charge in [-0.05, 0) is 35.6 Å². The van der Waals surface area contributed by atoms with Crippen molar-refractivity contribution in [3.05, 3.63) is 77.3 Å². The highest BCUT2D eigenvalue weighted by molar-refractivity contribution is 6.00. The van der Waals surface area contributed by atoms with Crippen molar-refractivity contribution in [2.45, 2.75) is 24.8 Å². The predicted molar refractivity (Wildman–Crippen MR) is 107 cm³/mol. The van der Waals surface area contributed by atoms with Gasteiger partial charge in [-0.15, -0.1) is 0 Å². The van der Waals surface area contributed by atoms with Crippen molar-refractivity contribution in [1.82, 2.24) is 14.8 Å². The molecule has 7 heteroatoms. The molecule has 2 heterocycles. The van der Waals surface area contributed by atoms with Crippen LogP contribution in [0.3, 0.4) is 0 Å². The van der Waals surface area contributed by atoms with Gasteiger partial charge in [0.25, 0.3) is 0 Å². The van der Waals surface area contributed by atoms with Crippen molar-refractivity contribution in [3.8, 4) is 11.5 Å². The lowest BCUT2D eigenvalue weighted by atomic mass is 9.78. The first kappa shape index (κ1) is 17.5. The van der Waals surface area contributed by atoms with Crippen LogP contribution < -0.4 is 10.1 Å². The number of methoxy groups -OCH3 is 1. The zero-order valence-electron chi connectivity index (χ0n) is 15.9. The van der Waals surface area contributed by atoms with Crippen molar-refractivity contribution in [2.24, 2.45) is 0 Å². The van der Waals surface area contributed by atoms with E-state index in [0.29, 0.717) is 23.7 Å². The maximum absolute atomic E-state index is 13.3. The molecule has 2 aliphatic rings. The van der Waals surface area contributed by atoms with Crippen molar-refractivity contribution < 1.29 is 14.6 Å². The van der Waals surface area contributed by atoms with Gasteiger partial charge in [0.05, 0.1) is 7.11 Å². The summed E-state index contributed by atoms with van der Waals surface area (Å²) in [6.07, 6.45) is 2.63. The second-order valence-electron chi connectivity index (χ2n) is 7.32. The van der Waals surface area contributed by atoms with Crippen molar-refractivity contribution >= 4 is 11.7 Å². The molecule has 29 heavy (non-hydrogen) atoms. The van der Waals surface area contributed by atoms with Gasteiger partial charge in [0.1, 0.15) is 12.4 Å². The number of allylic oxidation sites excluding steroid dienone is 2. The maximum atomic E-state index is 13.3. The maximum Gasteiger partial charge on any atom is 0.226 e. The summed E-state index contributed by atoms with van der Waals surface area (Å²) < 4.78 is 6.85.